The SMILES string of the molecule is CCc1ccc(C2C(C#N)=C(SCc3ccccc3)NC(=O)[C@@H]2C(=O)OC)cc1. The Bertz CT molecular complexity index is 962. The van der Waals surface area contributed by atoms with E-state index in [0.29, 0.717) is 16.4 Å². The first-order chi connectivity index (χ1) is 14.1. The van der Waals surface area contributed by atoms with Crippen LogP contribution in [0.15, 0.2) is 65.2 Å². The van der Waals surface area contributed by atoms with Crippen LogP contribution in [0.1, 0.15) is 29.5 Å². The first kappa shape index (κ1) is 20.7. The van der Waals surface area contributed by atoms with Crippen LogP contribution in [0, 0.1) is 17.2 Å². The Hall–Kier alpha value is -3.04. The fourth-order valence-electron chi connectivity index (χ4n) is 3.37. The second-order valence-corrected chi connectivity index (χ2v) is 7.68. The summed E-state index contributed by atoms with van der Waals surface area (Å²) in [5, 5.41) is 13.2. The standard InChI is InChI=1S/C23H22N2O3S/c1-3-15-9-11-17(12-10-15)19-18(13-24)22(25-21(26)20(19)23(27)28-2)29-14-16-7-5-4-6-8-16/h4-12,19-20H,3,14H2,1-2H3,(H,25,26)/t19?,20-/m1/s1. The summed E-state index contributed by atoms with van der Waals surface area (Å²) < 4.78 is 4.88. The van der Waals surface area contributed by atoms with Gasteiger partial charge in [0.2, 0.25) is 5.91 Å². The Morgan fingerprint density at radius 2 is 1.83 bits per heavy atom. The van der Waals surface area contributed by atoms with Crippen LogP contribution in [-0.2, 0) is 26.5 Å². The summed E-state index contributed by atoms with van der Waals surface area (Å²) in [6.45, 7) is 2.05. The largest absolute Gasteiger partial charge is 0.468 e. The number of thioether (sulfide) groups is 1. The maximum Gasteiger partial charge on any atom is 0.319 e. The molecule has 2 aromatic rings. The molecule has 1 N–H and O–H groups in total. The molecule has 0 spiro atoms. The lowest BCUT2D eigenvalue weighted by Gasteiger charge is -2.31. The van der Waals surface area contributed by atoms with Gasteiger partial charge in [-0.1, -0.05) is 61.5 Å². The van der Waals surface area contributed by atoms with Gasteiger partial charge in [0.1, 0.15) is 5.92 Å². The molecule has 1 amide bonds. The van der Waals surface area contributed by atoms with Gasteiger partial charge >= 0.3 is 5.97 Å². The molecule has 0 saturated heterocycles. The van der Waals surface area contributed by atoms with Gasteiger partial charge in [0.15, 0.2) is 0 Å². The number of carbonyl (C=O) groups excluding carboxylic acids is 2. The third-order valence-corrected chi connectivity index (χ3v) is 6.05. The van der Waals surface area contributed by atoms with Crippen molar-refractivity contribution >= 4 is 23.6 Å². The lowest BCUT2D eigenvalue weighted by molar-refractivity contribution is -0.150. The van der Waals surface area contributed by atoms with E-state index in [1.54, 1.807) is 0 Å². The Kier molecular flexibility index (Phi) is 6.73. The van der Waals surface area contributed by atoms with Crippen molar-refractivity contribution in [1.29, 1.82) is 5.26 Å². The zero-order valence-electron chi connectivity index (χ0n) is 16.3. The summed E-state index contributed by atoms with van der Waals surface area (Å²) in [6, 6.07) is 19.7. The van der Waals surface area contributed by atoms with E-state index in [2.05, 4.69) is 18.3 Å². The number of benzene rings is 2. The number of esters is 1. The van der Waals surface area contributed by atoms with Crippen molar-refractivity contribution in [1.82, 2.24) is 5.32 Å². The third-order valence-electron chi connectivity index (χ3n) is 4.96. The molecule has 0 aliphatic carbocycles. The predicted molar refractivity (Wildman–Crippen MR) is 113 cm³/mol. The number of hydrogen-bond acceptors (Lipinski definition) is 5. The van der Waals surface area contributed by atoms with Gasteiger partial charge in [-0.2, -0.15) is 5.26 Å². The molecule has 1 heterocycles. The molecule has 6 heteroatoms. The Morgan fingerprint density at radius 1 is 1.14 bits per heavy atom. The summed E-state index contributed by atoms with van der Waals surface area (Å²) in [5.41, 5.74) is 3.35. The highest BCUT2D eigenvalue weighted by Gasteiger charge is 2.44. The predicted octanol–water partition coefficient (Wildman–Crippen LogP) is 3.92. The number of rotatable bonds is 6. The summed E-state index contributed by atoms with van der Waals surface area (Å²) >= 11 is 1.39. The number of nitrogens with one attached hydrogen (secondary N) is 1. The minimum Gasteiger partial charge on any atom is -0.468 e. The highest BCUT2D eigenvalue weighted by atomic mass is 32.2. The minimum atomic E-state index is -1.09. The fourth-order valence-corrected chi connectivity index (χ4v) is 4.37. The van der Waals surface area contributed by atoms with Crippen LogP contribution >= 0.6 is 11.8 Å². The summed E-state index contributed by atoms with van der Waals surface area (Å²) in [5.74, 6) is -2.26. The zero-order chi connectivity index (χ0) is 20.8. The highest BCUT2D eigenvalue weighted by molar-refractivity contribution is 8.02. The van der Waals surface area contributed by atoms with E-state index in [1.807, 2.05) is 54.6 Å². The van der Waals surface area contributed by atoms with Crippen molar-refractivity contribution < 1.29 is 14.3 Å². The number of carbonyl (C=O) groups is 2. The van der Waals surface area contributed by atoms with Crippen molar-refractivity contribution in [2.75, 3.05) is 7.11 Å². The van der Waals surface area contributed by atoms with Gasteiger partial charge in [-0.15, -0.1) is 11.8 Å². The van der Waals surface area contributed by atoms with Gasteiger partial charge in [-0.25, -0.2) is 0 Å². The van der Waals surface area contributed by atoms with E-state index in [-0.39, 0.29) is 0 Å². The number of methoxy groups -OCH3 is 1. The van der Waals surface area contributed by atoms with Gasteiger partial charge in [0.25, 0.3) is 0 Å². The van der Waals surface area contributed by atoms with Gasteiger partial charge in [0, 0.05) is 11.7 Å². The smallest absolute Gasteiger partial charge is 0.319 e. The number of nitrogens with zero attached hydrogens (tertiary/aromatic N) is 1. The Labute approximate surface area is 174 Å². The average molecular weight is 407 g/mol. The highest BCUT2D eigenvalue weighted by Crippen LogP contribution is 2.40. The Morgan fingerprint density at radius 3 is 2.41 bits per heavy atom. The second kappa shape index (κ2) is 9.44. The fraction of sp³-hybridized carbons (Fsp3) is 0.261. The first-order valence-electron chi connectivity index (χ1n) is 9.37. The van der Waals surface area contributed by atoms with Gasteiger partial charge in [0.05, 0.1) is 23.8 Å². The molecule has 1 aliphatic rings. The molecule has 0 saturated carbocycles. The number of amides is 1. The molecule has 0 radical (unpaired) electrons. The normalized spacial score (nSPS) is 18.7. The average Bonchev–Trinajstić information content (AvgIpc) is 2.77. The van der Waals surface area contributed by atoms with Crippen molar-refractivity contribution in [3.63, 3.8) is 0 Å². The summed E-state index contributed by atoms with van der Waals surface area (Å²) in [6.07, 6.45) is 0.880. The zero-order valence-corrected chi connectivity index (χ0v) is 17.2. The molecular weight excluding hydrogens is 384 g/mol. The maximum absolute atomic E-state index is 12.8. The minimum absolute atomic E-state index is 0.380. The molecule has 1 unspecified atom stereocenters. The summed E-state index contributed by atoms with van der Waals surface area (Å²) in [7, 11) is 1.25. The van der Waals surface area contributed by atoms with Gasteiger partial charge in [-0.05, 0) is 23.1 Å². The number of hydrogen-bond donors (Lipinski definition) is 1. The van der Waals surface area contributed by atoms with E-state index in [1.165, 1.54) is 18.9 Å². The molecule has 0 aromatic heterocycles. The molecular formula is C23H22N2O3S. The van der Waals surface area contributed by atoms with E-state index in [9.17, 15) is 14.9 Å². The number of allylic oxidation sites excluding steroid dienone is 1. The molecule has 29 heavy (non-hydrogen) atoms. The van der Waals surface area contributed by atoms with Crippen LogP contribution in [0.4, 0.5) is 0 Å². The van der Waals surface area contributed by atoms with Crippen molar-refractivity contribution in [3.05, 3.63) is 81.9 Å². The van der Waals surface area contributed by atoms with Crippen molar-refractivity contribution in [2.45, 2.75) is 25.0 Å². The summed E-state index contributed by atoms with van der Waals surface area (Å²) in [4.78, 5) is 25.2. The second-order valence-electron chi connectivity index (χ2n) is 6.69. The topological polar surface area (TPSA) is 79.2 Å². The van der Waals surface area contributed by atoms with Crippen molar-refractivity contribution in [2.24, 2.45) is 5.92 Å². The molecule has 1 aliphatic heterocycles. The monoisotopic (exact) mass is 406 g/mol. The van der Waals surface area contributed by atoms with E-state index in [4.69, 9.17) is 4.74 Å². The van der Waals surface area contributed by atoms with E-state index < -0.39 is 23.7 Å². The van der Waals surface area contributed by atoms with Crippen LogP contribution in [0.2, 0.25) is 0 Å². The van der Waals surface area contributed by atoms with Crippen molar-refractivity contribution in [3.8, 4) is 6.07 Å². The molecule has 0 fully saturated rings. The molecule has 2 aromatic carbocycles. The lowest BCUT2D eigenvalue weighted by atomic mass is 9.78. The van der Waals surface area contributed by atoms with Crippen LogP contribution in [0.3, 0.4) is 0 Å². The van der Waals surface area contributed by atoms with Gasteiger partial charge in [-0.3, -0.25) is 9.59 Å². The first-order valence-corrected chi connectivity index (χ1v) is 10.4. The van der Waals surface area contributed by atoms with Gasteiger partial charge < -0.3 is 10.1 Å². The number of nitriles is 1. The number of aryl methyl sites for hydroxylation is 1. The van der Waals surface area contributed by atoms with Crippen LogP contribution < -0.4 is 5.32 Å². The van der Waals surface area contributed by atoms with Crippen LogP contribution in [-0.4, -0.2) is 19.0 Å². The molecule has 3 rings (SSSR count). The Balaban J connectivity index is 2.02. The van der Waals surface area contributed by atoms with Crippen LogP contribution in [0.5, 0.6) is 0 Å². The lowest BCUT2D eigenvalue weighted by Crippen LogP contribution is -2.44. The third kappa shape index (κ3) is 4.52. The molecule has 2 atom stereocenters. The maximum atomic E-state index is 12.8. The van der Waals surface area contributed by atoms with E-state index >= 15 is 0 Å². The van der Waals surface area contributed by atoms with E-state index in [0.717, 1.165) is 23.1 Å². The molecule has 148 valence electrons. The molecule has 0 bridgehead atoms. The van der Waals surface area contributed by atoms with Crippen LogP contribution in [0.25, 0.3) is 0 Å². The number of ether oxygens (including phenoxy) is 1. The molecule has 5 nitrogen and oxygen atoms in total. The quantitative estimate of drug-likeness (QED) is 0.581.